The number of nitrogens with zero attached hydrogens (tertiary/aromatic N) is 4. The molecule has 2 heterocycles. The topological polar surface area (TPSA) is 54.5 Å². The number of rotatable bonds is 5. The highest BCUT2D eigenvalue weighted by molar-refractivity contribution is 7.98. The second-order valence-electron chi connectivity index (χ2n) is 6.05. The van der Waals surface area contributed by atoms with Gasteiger partial charge in [0.1, 0.15) is 0 Å². The predicted octanol–water partition coefficient (Wildman–Crippen LogP) is 5.47. The molecule has 0 atom stereocenters. The maximum atomic E-state index is 8.94. The Bertz CT molecular complexity index is 1070. The molecular weight excluding hydrogens is 372 g/mol. The fourth-order valence-corrected chi connectivity index (χ4v) is 4.28. The number of hydrogen-bond acceptors (Lipinski definition) is 5. The summed E-state index contributed by atoms with van der Waals surface area (Å²) in [5.41, 5.74) is 4.09. The Labute approximate surface area is 166 Å². The molecule has 0 saturated heterocycles. The van der Waals surface area contributed by atoms with Gasteiger partial charge in [0.25, 0.3) is 0 Å². The lowest BCUT2D eigenvalue weighted by Gasteiger charge is -2.10. The van der Waals surface area contributed by atoms with Crippen molar-refractivity contribution in [2.45, 2.75) is 17.8 Å². The van der Waals surface area contributed by atoms with E-state index in [1.54, 1.807) is 23.1 Å². The molecule has 0 saturated carbocycles. The van der Waals surface area contributed by atoms with Gasteiger partial charge in [-0.25, -0.2) is 0 Å². The van der Waals surface area contributed by atoms with Gasteiger partial charge in [0, 0.05) is 11.4 Å². The van der Waals surface area contributed by atoms with E-state index in [9.17, 15) is 0 Å². The summed E-state index contributed by atoms with van der Waals surface area (Å²) in [6, 6.07) is 22.3. The molecular formula is C21H16N4S2. The molecule has 27 heavy (non-hydrogen) atoms. The number of aryl methyl sites for hydroxylation is 1. The van der Waals surface area contributed by atoms with Crippen molar-refractivity contribution >= 4 is 23.1 Å². The molecule has 0 aliphatic carbocycles. The van der Waals surface area contributed by atoms with Crippen molar-refractivity contribution in [2.24, 2.45) is 0 Å². The zero-order valence-corrected chi connectivity index (χ0v) is 16.3. The molecule has 0 aliphatic rings. The second-order valence-corrected chi connectivity index (χ2v) is 7.94. The minimum absolute atomic E-state index is 0.673. The molecule has 4 aromatic rings. The minimum atomic E-state index is 0.673. The molecule has 0 spiro atoms. The molecule has 132 valence electrons. The van der Waals surface area contributed by atoms with Gasteiger partial charge in [-0.05, 0) is 48.2 Å². The van der Waals surface area contributed by atoms with Crippen LogP contribution in [0.15, 0.2) is 71.2 Å². The Hall–Kier alpha value is -2.88. The maximum absolute atomic E-state index is 8.94. The molecule has 2 aromatic carbocycles. The number of hydrogen-bond donors (Lipinski definition) is 0. The van der Waals surface area contributed by atoms with Crippen LogP contribution in [0, 0.1) is 18.3 Å². The highest BCUT2D eigenvalue weighted by Crippen LogP contribution is 2.31. The zero-order chi connectivity index (χ0) is 18.6. The number of benzene rings is 2. The van der Waals surface area contributed by atoms with E-state index in [1.165, 1.54) is 5.56 Å². The smallest absolute Gasteiger partial charge is 0.196 e. The van der Waals surface area contributed by atoms with Crippen LogP contribution >= 0.6 is 23.1 Å². The van der Waals surface area contributed by atoms with E-state index in [1.807, 2.05) is 35.7 Å². The van der Waals surface area contributed by atoms with Crippen LogP contribution in [0.25, 0.3) is 16.4 Å². The predicted molar refractivity (Wildman–Crippen MR) is 110 cm³/mol. The Morgan fingerprint density at radius 3 is 2.48 bits per heavy atom. The summed E-state index contributed by atoms with van der Waals surface area (Å²) >= 11 is 3.30. The summed E-state index contributed by atoms with van der Waals surface area (Å²) < 4.78 is 2.11. The summed E-state index contributed by atoms with van der Waals surface area (Å²) in [6.07, 6.45) is 0. The highest BCUT2D eigenvalue weighted by Gasteiger charge is 2.16. The van der Waals surface area contributed by atoms with Gasteiger partial charge in [-0.3, -0.25) is 4.57 Å². The van der Waals surface area contributed by atoms with Crippen molar-refractivity contribution in [3.05, 3.63) is 82.7 Å². The van der Waals surface area contributed by atoms with Gasteiger partial charge in [-0.15, -0.1) is 21.5 Å². The number of thiophene rings is 1. The first-order chi connectivity index (χ1) is 13.2. The Kier molecular flexibility index (Phi) is 5.05. The Morgan fingerprint density at radius 1 is 1.04 bits per heavy atom. The van der Waals surface area contributed by atoms with Crippen molar-refractivity contribution < 1.29 is 0 Å². The summed E-state index contributed by atoms with van der Waals surface area (Å²) in [4.78, 5) is 1.09. The van der Waals surface area contributed by atoms with Gasteiger partial charge in [-0.1, -0.05) is 47.7 Å². The van der Waals surface area contributed by atoms with Gasteiger partial charge < -0.3 is 0 Å². The average molecular weight is 389 g/mol. The average Bonchev–Trinajstić information content (AvgIpc) is 3.37. The third-order valence-corrected chi connectivity index (χ3v) is 5.98. The minimum Gasteiger partial charge on any atom is -0.269 e. The SMILES string of the molecule is Cc1ccc(-n2c(SCc3ccc(C#N)cc3)nnc2-c2cccs2)cc1. The van der Waals surface area contributed by atoms with E-state index >= 15 is 0 Å². The first kappa shape index (κ1) is 17.5. The molecule has 2 aromatic heterocycles. The fraction of sp³-hybridized carbons (Fsp3) is 0.0952. The number of nitriles is 1. The van der Waals surface area contributed by atoms with Gasteiger partial charge in [0.15, 0.2) is 11.0 Å². The van der Waals surface area contributed by atoms with Crippen molar-refractivity contribution in [1.29, 1.82) is 5.26 Å². The summed E-state index contributed by atoms with van der Waals surface area (Å²) in [5.74, 6) is 1.62. The van der Waals surface area contributed by atoms with Gasteiger partial charge >= 0.3 is 0 Å². The molecule has 0 N–H and O–H groups in total. The molecule has 6 heteroatoms. The Morgan fingerprint density at radius 2 is 1.81 bits per heavy atom. The molecule has 0 amide bonds. The van der Waals surface area contributed by atoms with E-state index < -0.39 is 0 Å². The molecule has 4 nitrogen and oxygen atoms in total. The Balaban J connectivity index is 1.67. The molecule has 0 bridgehead atoms. The van der Waals surface area contributed by atoms with Crippen molar-refractivity contribution in [2.75, 3.05) is 0 Å². The first-order valence-electron chi connectivity index (χ1n) is 8.43. The summed E-state index contributed by atoms with van der Waals surface area (Å²) in [5, 5.41) is 20.7. The van der Waals surface area contributed by atoms with E-state index in [-0.39, 0.29) is 0 Å². The van der Waals surface area contributed by atoms with Gasteiger partial charge in [-0.2, -0.15) is 5.26 Å². The normalized spacial score (nSPS) is 10.7. The lowest BCUT2D eigenvalue weighted by molar-refractivity contribution is 0.886. The molecule has 0 radical (unpaired) electrons. The fourth-order valence-electron chi connectivity index (χ4n) is 2.68. The third kappa shape index (κ3) is 3.80. The number of aromatic nitrogens is 3. The van der Waals surface area contributed by atoms with Crippen LogP contribution in [0.1, 0.15) is 16.7 Å². The monoisotopic (exact) mass is 388 g/mol. The molecule has 0 fully saturated rings. The van der Waals surface area contributed by atoms with Crippen LogP contribution < -0.4 is 0 Å². The quantitative estimate of drug-likeness (QED) is 0.426. The van der Waals surface area contributed by atoms with E-state index in [4.69, 9.17) is 5.26 Å². The van der Waals surface area contributed by atoms with Crippen LogP contribution in [0.5, 0.6) is 0 Å². The summed E-state index contributed by atoms with van der Waals surface area (Å²) in [7, 11) is 0. The molecule has 0 aliphatic heterocycles. The first-order valence-corrected chi connectivity index (χ1v) is 10.3. The van der Waals surface area contributed by atoms with Gasteiger partial charge in [0.05, 0.1) is 16.5 Å². The summed E-state index contributed by atoms with van der Waals surface area (Å²) in [6.45, 7) is 2.08. The van der Waals surface area contributed by atoms with Crippen LogP contribution in [0.4, 0.5) is 0 Å². The van der Waals surface area contributed by atoms with E-state index in [0.29, 0.717) is 5.56 Å². The number of thioether (sulfide) groups is 1. The molecule has 0 unspecified atom stereocenters. The second kappa shape index (κ2) is 7.78. The van der Waals surface area contributed by atoms with Crippen molar-refractivity contribution in [1.82, 2.24) is 14.8 Å². The maximum Gasteiger partial charge on any atom is 0.196 e. The lowest BCUT2D eigenvalue weighted by atomic mass is 10.2. The molecule has 4 rings (SSSR count). The van der Waals surface area contributed by atoms with E-state index in [2.05, 4.69) is 58.1 Å². The zero-order valence-electron chi connectivity index (χ0n) is 14.7. The van der Waals surface area contributed by atoms with E-state index in [0.717, 1.165) is 32.9 Å². The largest absolute Gasteiger partial charge is 0.269 e. The van der Waals surface area contributed by atoms with Gasteiger partial charge in [0.2, 0.25) is 0 Å². The van der Waals surface area contributed by atoms with Crippen LogP contribution in [-0.4, -0.2) is 14.8 Å². The lowest BCUT2D eigenvalue weighted by Crippen LogP contribution is -1.99. The third-order valence-electron chi connectivity index (χ3n) is 4.12. The van der Waals surface area contributed by atoms with Crippen LogP contribution in [-0.2, 0) is 5.75 Å². The van der Waals surface area contributed by atoms with Crippen LogP contribution in [0.2, 0.25) is 0 Å². The van der Waals surface area contributed by atoms with Crippen molar-refractivity contribution in [3.8, 4) is 22.5 Å². The highest BCUT2D eigenvalue weighted by atomic mass is 32.2. The van der Waals surface area contributed by atoms with Crippen LogP contribution in [0.3, 0.4) is 0 Å². The van der Waals surface area contributed by atoms with Crippen molar-refractivity contribution in [3.63, 3.8) is 0 Å². The standard InChI is InChI=1S/C21H16N4S2/c1-15-4-10-18(11-5-15)25-20(19-3-2-12-26-19)23-24-21(25)27-14-17-8-6-16(13-22)7-9-17/h2-12H,14H2,1H3.